The number of carbonyl (C=O) groups excluding carboxylic acids is 1. The van der Waals surface area contributed by atoms with E-state index < -0.39 is 0 Å². The van der Waals surface area contributed by atoms with Gasteiger partial charge in [0.1, 0.15) is 5.70 Å². The van der Waals surface area contributed by atoms with Crippen LogP contribution in [0.15, 0.2) is 48.2 Å². The summed E-state index contributed by atoms with van der Waals surface area (Å²) in [6, 6.07) is 13.2. The highest BCUT2D eigenvalue weighted by molar-refractivity contribution is 7.80. The molecule has 0 saturated carbocycles. The fourth-order valence-electron chi connectivity index (χ4n) is 2.54. The molecule has 0 aliphatic carbocycles. The van der Waals surface area contributed by atoms with Gasteiger partial charge in [0.2, 0.25) is 0 Å². The van der Waals surface area contributed by atoms with Crippen molar-refractivity contribution in [2.75, 3.05) is 4.90 Å². The second kappa shape index (κ2) is 6.14. The zero-order chi connectivity index (χ0) is 16.6. The number of benzene rings is 2. The van der Waals surface area contributed by atoms with E-state index in [0.717, 1.165) is 22.4 Å². The van der Waals surface area contributed by atoms with Crippen LogP contribution in [0.25, 0.3) is 6.08 Å². The molecular weight excluding hydrogens is 328 g/mol. The number of carbonyl (C=O) groups is 1. The van der Waals surface area contributed by atoms with E-state index in [1.54, 1.807) is 18.2 Å². The second-order valence-electron chi connectivity index (χ2n) is 5.47. The van der Waals surface area contributed by atoms with Crippen molar-refractivity contribution in [1.29, 1.82) is 0 Å². The van der Waals surface area contributed by atoms with Crippen molar-refractivity contribution in [1.82, 2.24) is 5.32 Å². The average Bonchev–Trinajstić information content (AvgIpc) is 2.77. The summed E-state index contributed by atoms with van der Waals surface area (Å²) in [5, 5.41) is 4.04. The molecule has 1 N–H and O–H groups in total. The highest BCUT2D eigenvalue weighted by Crippen LogP contribution is 2.26. The molecule has 116 valence electrons. The monoisotopic (exact) mass is 342 g/mol. The summed E-state index contributed by atoms with van der Waals surface area (Å²) in [7, 11) is 0. The van der Waals surface area contributed by atoms with Crippen LogP contribution in [0, 0.1) is 13.8 Å². The van der Waals surface area contributed by atoms with E-state index in [4.69, 9.17) is 23.8 Å². The summed E-state index contributed by atoms with van der Waals surface area (Å²) >= 11 is 11.2. The number of hydrogen-bond acceptors (Lipinski definition) is 2. The lowest BCUT2D eigenvalue weighted by Crippen LogP contribution is -2.30. The molecule has 5 heteroatoms. The fraction of sp³-hybridized carbons (Fsp3) is 0.111. The number of amides is 1. The topological polar surface area (TPSA) is 32.3 Å². The quantitative estimate of drug-likeness (QED) is 0.655. The van der Waals surface area contributed by atoms with Gasteiger partial charge in [-0.15, -0.1) is 0 Å². The summed E-state index contributed by atoms with van der Waals surface area (Å²) < 4.78 is 0. The van der Waals surface area contributed by atoms with Crippen LogP contribution in [0.3, 0.4) is 0 Å². The highest BCUT2D eigenvalue weighted by Gasteiger charge is 2.32. The number of halogens is 1. The van der Waals surface area contributed by atoms with Crippen LogP contribution >= 0.6 is 23.8 Å². The summed E-state index contributed by atoms with van der Waals surface area (Å²) in [5.74, 6) is -0.156. The molecule has 0 aromatic heterocycles. The first-order valence-electron chi connectivity index (χ1n) is 7.15. The minimum Gasteiger partial charge on any atom is -0.327 e. The van der Waals surface area contributed by atoms with Crippen molar-refractivity contribution in [2.24, 2.45) is 0 Å². The van der Waals surface area contributed by atoms with Gasteiger partial charge in [-0.1, -0.05) is 41.4 Å². The maximum absolute atomic E-state index is 12.7. The Bertz CT molecular complexity index is 827. The van der Waals surface area contributed by atoms with Crippen molar-refractivity contribution in [2.45, 2.75) is 13.8 Å². The first-order valence-corrected chi connectivity index (χ1v) is 7.94. The molecule has 1 heterocycles. The maximum Gasteiger partial charge on any atom is 0.281 e. The number of rotatable bonds is 2. The van der Waals surface area contributed by atoms with Gasteiger partial charge in [-0.3, -0.25) is 9.69 Å². The lowest BCUT2D eigenvalue weighted by molar-refractivity contribution is -0.113. The third-order valence-corrected chi connectivity index (χ3v) is 4.19. The lowest BCUT2D eigenvalue weighted by Gasteiger charge is -2.17. The van der Waals surface area contributed by atoms with Crippen molar-refractivity contribution in [3.63, 3.8) is 0 Å². The standard InChI is InChI=1S/C18H15ClN2OS/c1-11-3-8-16(12(2)9-11)21-17(22)15(20-18(21)23)10-13-4-6-14(19)7-5-13/h3-10H,1-2H3,(H,20,23)/b15-10+. The van der Waals surface area contributed by atoms with Crippen LogP contribution in [0.5, 0.6) is 0 Å². The van der Waals surface area contributed by atoms with Gasteiger partial charge in [-0.2, -0.15) is 0 Å². The first kappa shape index (κ1) is 15.7. The van der Waals surface area contributed by atoms with E-state index in [0.29, 0.717) is 15.8 Å². The highest BCUT2D eigenvalue weighted by atomic mass is 35.5. The van der Waals surface area contributed by atoms with E-state index in [1.807, 2.05) is 44.2 Å². The molecule has 1 fully saturated rings. The zero-order valence-corrected chi connectivity index (χ0v) is 14.3. The summed E-state index contributed by atoms with van der Waals surface area (Å²) in [6.45, 7) is 3.99. The molecule has 3 nitrogen and oxygen atoms in total. The lowest BCUT2D eigenvalue weighted by atomic mass is 10.1. The fourth-order valence-corrected chi connectivity index (χ4v) is 2.95. The summed E-state index contributed by atoms with van der Waals surface area (Å²) in [6.07, 6.45) is 1.77. The Balaban J connectivity index is 1.95. The molecule has 1 amide bonds. The SMILES string of the molecule is Cc1ccc(N2C(=O)/C(=C\c3ccc(Cl)cc3)NC2=S)c(C)c1. The number of anilines is 1. The molecule has 3 rings (SSSR count). The first-order chi connectivity index (χ1) is 11.0. The normalized spacial score (nSPS) is 16.1. The molecule has 23 heavy (non-hydrogen) atoms. The van der Waals surface area contributed by atoms with E-state index in [-0.39, 0.29) is 5.91 Å². The molecule has 1 aliphatic heterocycles. The molecule has 2 aromatic rings. The van der Waals surface area contributed by atoms with Crippen LogP contribution in [-0.4, -0.2) is 11.0 Å². The third-order valence-electron chi connectivity index (χ3n) is 3.65. The number of thiocarbonyl (C=S) groups is 1. The number of aryl methyl sites for hydroxylation is 2. The van der Waals surface area contributed by atoms with Crippen LogP contribution < -0.4 is 10.2 Å². The number of nitrogens with zero attached hydrogens (tertiary/aromatic N) is 1. The van der Waals surface area contributed by atoms with Gasteiger partial charge in [-0.25, -0.2) is 0 Å². The molecule has 0 spiro atoms. The van der Waals surface area contributed by atoms with Gasteiger partial charge < -0.3 is 5.32 Å². The predicted octanol–water partition coefficient (Wildman–Crippen LogP) is 4.22. The second-order valence-corrected chi connectivity index (χ2v) is 6.29. The molecule has 0 bridgehead atoms. The average molecular weight is 343 g/mol. The minimum atomic E-state index is -0.156. The van der Waals surface area contributed by atoms with Gasteiger partial charge in [0.05, 0.1) is 5.69 Å². The van der Waals surface area contributed by atoms with Crippen molar-refractivity contribution >= 4 is 46.6 Å². The Morgan fingerprint density at radius 2 is 1.83 bits per heavy atom. The van der Waals surface area contributed by atoms with Crippen LogP contribution in [0.2, 0.25) is 5.02 Å². The number of hydrogen-bond donors (Lipinski definition) is 1. The Morgan fingerprint density at radius 1 is 1.13 bits per heavy atom. The van der Waals surface area contributed by atoms with E-state index in [9.17, 15) is 4.79 Å². The Kier molecular flexibility index (Phi) is 4.20. The van der Waals surface area contributed by atoms with Gasteiger partial charge in [0.15, 0.2) is 5.11 Å². The number of nitrogens with one attached hydrogen (secondary N) is 1. The minimum absolute atomic E-state index is 0.156. The Morgan fingerprint density at radius 3 is 2.48 bits per heavy atom. The van der Waals surface area contributed by atoms with Gasteiger partial charge in [0.25, 0.3) is 5.91 Å². The molecule has 0 atom stereocenters. The van der Waals surface area contributed by atoms with E-state index in [2.05, 4.69) is 5.32 Å². The van der Waals surface area contributed by atoms with Crippen molar-refractivity contribution in [3.8, 4) is 0 Å². The van der Waals surface area contributed by atoms with Gasteiger partial charge in [-0.05, 0) is 61.5 Å². The maximum atomic E-state index is 12.7. The van der Waals surface area contributed by atoms with Crippen LogP contribution in [-0.2, 0) is 4.79 Å². The summed E-state index contributed by atoms with van der Waals surface area (Å²) in [4.78, 5) is 14.2. The molecular formula is C18H15ClN2OS. The molecule has 2 aromatic carbocycles. The Hall–Kier alpha value is -2.17. The zero-order valence-electron chi connectivity index (χ0n) is 12.8. The van der Waals surface area contributed by atoms with Gasteiger partial charge >= 0.3 is 0 Å². The molecule has 1 aliphatic rings. The van der Waals surface area contributed by atoms with Gasteiger partial charge in [0, 0.05) is 5.02 Å². The van der Waals surface area contributed by atoms with E-state index in [1.165, 1.54) is 4.90 Å². The third kappa shape index (κ3) is 3.14. The van der Waals surface area contributed by atoms with Crippen molar-refractivity contribution in [3.05, 3.63) is 69.9 Å². The summed E-state index contributed by atoms with van der Waals surface area (Å²) in [5.41, 5.74) is 4.30. The van der Waals surface area contributed by atoms with Crippen molar-refractivity contribution < 1.29 is 4.79 Å². The predicted molar refractivity (Wildman–Crippen MR) is 98.6 cm³/mol. The molecule has 0 unspecified atom stereocenters. The van der Waals surface area contributed by atoms with Crippen LogP contribution in [0.1, 0.15) is 16.7 Å². The smallest absolute Gasteiger partial charge is 0.281 e. The largest absolute Gasteiger partial charge is 0.327 e. The van der Waals surface area contributed by atoms with Crippen LogP contribution in [0.4, 0.5) is 5.69 Å². The molecule has 0 radical (unpaired) electrons. The molecule has 1 saturated heterocycles. The Labute approximate surface area is 145 Å². The van der Waals surface area contributed by atoms with E-state index >= 15 is 0 Å².